The molecule has 322 valence electrons. The molecule has 4 unspecified atom stereocenters. The molecule has 8 aromatic rings. The minimum Gasteiger partial charge on any atom is -0.508 e. The first-order chi connectivity index (χ1) is 30.9. The van der Waals surface area contributed by atoms with Gasteiger partial charge < -0.3 is 35.4 Å². The summed E-state index contributed by atoms with van der Waals surface area (Å²) in [5, 5.41) is 40.4. The summed E-state index contributed by atoms with van der Waals surface area (Å²) in [6.45, 7) is 0. The summed E-state index contributed by atoms with van der Waals surface area (Å²) in [6.07, 6.45) is -0.927. The number of phenols is 3. The van der Waals surface area contributed by atoms with Crippen LogP contribution in [0.1, 0.15) is 34.3 Å². The molecule has 6 aromatic carbocycles. The zero-order valence-corrected chi connectivity index (χ0v) is 35.9. The number of carbonyl (C=O) groups excluding carboxylic acids is 2. The number of aromatic nitrogens is 2. The van der Waals surface area contributed by atoms with Crippen molar-refractivity contribution in [3.63, 3.8) is 0 Å². The Kier molecular flexibility index (Phi) is 12.9. The molecule has 0 saturated carbocycles. The van der Waals surface area contributed by atoms with Crippen LogP contribution in [0, 0.1) is 5.82 Å². The molecular formula is C48H33Cl4FN4O7. The smallest absolute Gasteiger partial charge is 0.266 e. The monoisotopic (exact) mass is 936 g/mol. The summed E-state index contributed by atoms with van der Waals surface area (Å²) in [4.78, 5) is 39.0. The number of benzene rings is 6. The molecule has 0 fully saturated rings. The molecule has 2 aromatic heterocycles. The fourth-order valence-electron chi connectivity index (χ4n) is 7.26. The van der Waals surface area contributed by atoms with E-state index in [1.54, 1.807) is 84.9 Å². The maximum Gasteiger partial charge on any atom is 0.266 e. The lowest BCUT2D eigenvalue weighted by atomic mass is 9.94. The highest BCUT2D eigenvalue weighted by atomic mass is 35.5. The fourth-order valence-corrected chi connectivity index (χ4v) is 8.36. The van der Waals surface area contributed by atoms with Crippen LogP contribution in [0.15, 0.2) is 146 Å². The Balaban J connectivity index is 1.28. The lowest BCUT2D eigenvalue weighted by Crippen LogP contribution is -2.56. The number of ether oxygens (including phenoxy) is 2. The van der Waals surface area contributed by atoms with Crippen LogP contribution in [-0.4, -0.2) is 49.3 Å². The molecule has 0 spiro atoms. The maximum absolute atomic E-state index is 16.0. The van der Waals surface area contributed by atoms with Crippen molar-refractivity contribution in [3.05, 3.63) is 194 Å². The standard InChI is InChI=1S/C48H33Cl4FN4O7/c49-33-16-7-17-37(53)38(33)40(32-24-36(52)29-15-9-21-55-42(29)44(32)60)57-48(62)46(64-27-12-5-2-6-13-27)45(63-26-10-3-1-4-11-26)47(61)56-39(30-19-18-25(58)22-34(30)50)31-23-35(51)28-14-8-20-54-41(28)43(31)59/h1-24,39-40,45-46,58-60H,(H,56,61)(H,57,62). The van der Waals surface area contributed by atoms with Gasteiger partial charge in [0.15, 0.2) is 0 Å². The van der Waals surface area contributed by atoms with Crippen molar-refractivity contribution < 1.29 is 38.8 Å². The number of phenolic OH excluding ortho intramolecular Hbond substituents is 3. The highest BCUT2D eigenvalue weighted by Gasteiger charge is 2.42. The highest BCUT2D eigenvalue weighted by molar-refractivity contribution is 6.36. The number of rotatable bonds is 13. The Labute approximate surface area is 384 Å². The molecule has 0 bridgehead atoms. The van der Waals surface area contributed by atoms with Crippen LogP contribution in [0.4, 0.5) is 4.39 Å². The number of amides is 2. The van der Waals surface area contributed by atoms with E-state index in [2.05, 4.69) is 20.6 Å². The van der Waals surface area contributed by atoms with Crippen LogP contribution < -0.4 is 20.1 Å². The summed E-state index contributed by atoms with van der Waals surface area (Å²) < 4.78 is 28.8. The van der Waals surface area contributed by atoms with Crippen molar-refractivity contribution in [1.82, 2.24) is 20.6 Å². The van der Waals surface area contributed by atoms with Crippen molar-refractivity contribution in [3.8, 4) is 28.7 Å². The fraction of sp³-hybridized carbons (Fsp3) is 0.0833. The number of hydrogen-bond acceptors (Lipinski definition) is 9. The number of pyridine rings is 2. The molecular weight excluding hydrogens is 905 g/mol. The molecule has 0 aliphatic rings. The van der Waals surface area contributed by atoms with E-state index in [9.17, 15) is 15.3 Å². The molecule has 0 aliphatic carbocycles. The molecule has 8 rings (SSSR count). The van der Waals surface area contributed by atoms with Crippen molar-refractivity contribution in [2.24, 2.45) is 0 Å². The number of nitrogens with one attached hydrogen (secondary N) is 2. The summed E-state index contributed by atoms with van der Waals surface area (Å²) in [6, 6.07) is 30.6. The lowest BCUT2D eigenvalue weighted by molar-refractivity contribution is -0.143. The Morgan fingerprint density at radius 2 is 1.03 bits per heavy atom. The number of hydrogen-bond donors (Lipinski definition) is 5. The number of carbonyl (C=O) groups is 2. The van der Waals surface area contributed by atoms with Gasteiger partial charge in [-0.2, -0.15) is 0 Å². The summed E-state index contributed by atoms with van der Waals surface area (Å²) in [5.41, 5.74) is 0.0911. The van der Waals surface area contributed by atoms with E-state index in [4.69, 9.17) is 55.9 Å². The molecule has 4 atom stereocenters. The summed E-state index contributed by atoms with van der Waals surface area (Å²) >= 11 is 26.8. The molecule has 0 radical (unpaired) electrons. The van der Waals surface area contributed by atoms with Gasteiger partial charge in [0.2, 0.25) is 12.2 Å². The SMILES string of the molecule is O=C(NC(c1ccc(O)cc1Cl)c1cc(Cl)c2cccnc2c1O)C(Oc1ccccc1)C(Oc1ccccc1)C(=O)NC(c1cc(Cl)c2cccnc2c1O)c1c(F)cccc1Cl. The lowest BCUT2D eigenvalue weighted by Gasteiger charge is -2.31. The average Bonchev–Trinajstić information content (AvgIpc) is 3.29. The third kappa shape index (κ3) is 8.99. The largest absolute Gasteiger partial charge is 0.508 e. The van der Waals surface area contributed by atoms with Crippen molar-refractivity contribution in [2.75, 3.05) is 0 Å². The molecule has 11 nitrogen and oxygen atoms in total. The number of aromatic hydroxyl groups is 3. The van der Waals surface area contributed by atoms with Gasteiger partial charge in [0.1, 0.15) is 45.6 Å². The molecule has 0 aliphatic heterocycles. The van der Waals surface area contributed by atoms with Crippen LogP contribution in [0.25, 0.3) is 21.8 Å². The Morgan fingerprint density at radius 1 is 0.531 bits per heavy atom. The van der Waals surface area contributed by atoms with Gasteiger partial charge in [0.05, 0.1) is 22.1 Å². The topological polar surface area (TPSA) is 163 Å². The normalized spacial score (nSPS) is 13.1. The third-order valence-corrected chi connectivity index (χ3v) is 11.6. The van der Waals surface area contributed by atoms with Crippen LogP contribution in [0.3, 0.4) is 0 Å². The molecule has 16 heteroatoms. The van der Waals surface area contributed by atoms with Crippen LogP contribution >= 0.6 is 46.4 Å². The van der Waals surface area contributed by atoms with Gasteiger partial charge in [-0.15, -0.1) is 0 Å². The minimum absolute atomic E-state index is 0.00903. The van der Waals surface area contributed by atoms with Crippen molar-refractivity contribution in [1.29, 1.82) is 0 Å². The second kappa shape index (κ2) is 18.9. The summed E-state index contributed by atoms with van der Waals surface area (Å²) in [5.74, 6) is -3.57. The van der Waals surface area contributed by atoms with Gasteiger partial charge in [0.25, 0.3) is 11.8 Å². The second-order valence-electron chi connectivity index (χ2n) is 14.3. The van der Waals surface area contributed by atoms with Gasteiger partial charge in [-0.3, -0.25) is 19.6 Å². The highest BCUT2D eigenvalue weighted by Crippen LogP contribution is 2.43. The quantitative estimate of drug-likeness (QED) is 0.0757. The van der Waals surface area contributed by atoms with E-state index < -0.39 is 47.7 Å². The van der Waals surface area contributed by atoms with Gasteiger partial charge >= 0.3 is 0 Å². The first-order valence-electron chi connectivity index (χ1n) is 19.4. The van der Waals surface area contributed by atoms with Crippen molar-refractivity contribution in [2.45, 2.75) is 24.3 Å². The molecule has 5 N–H and O–H groups in total. The summed E-state index contributed by atoms with van der Waals surface area (Å²) in [7, 11) is 0. The molecule has 64 heavy (non-hydrogen) atoms. The maximum atomic E-state index is 16.0. The van der Waals surface area contributed by atoms with Gasteiger partial charge in [-0.25, -0.2) is 4.39 Å². The van der Waals surface area contributed by atoms with Crippen LogP contribution in [0.2, 0.25) is 20.1 Å². The Hall–Kier alpha value is -6.83. The van der Waals surface area contributed by atoms with E-state index in [1.807, 2.05) is 0 Å². The van der Waals surface area contributed by atoms with Crippen molar-refractivity contribution >= 4 is 80.0 Å². The molecule has 2 amide bonds. The zero-order valence-electron chi connectivity index (χ0n) is 32.9. The Morgan fingerprint density at radius 3 is 1.53 bits per heavy atom. The number of fused-ring (bicyclic) bond motifs is 2. The number of para-hydroxylation sites is 2. The second-order valence-corrected chi connectivity index (χ2v) is 15.9. The number of nitrogens with zero attached hydrogens (tertiary/aromatic N) is 2. The van der Waals surface area contributed by atoms with Gasteiger partial charge in [-0.05, 0) is 90.5 Å². The van der Waals surface area contributed by atoms with E-state index in [0.29, 0.717) is 10.8 Å². The first-order valence-corrected chi connectivity index (χ1v) is 20.9. The van der Waals surface area contributed by atoms with E-state index in [1.165, 1.54) is 54.9 Å². The van der Waals surface area contributed by atoms with Crippen LogP contribution in [0.5, 0.6) is 28.7 Å². The van der Waals surface area contributed by atoms with E-state index >= 15 is 14.0 Å². The number of halogens is 5. The van der Waals surface area contributed by atoms with E-state index in [0.717, 1.165) is 6.07 Å². The van der Waals surface area contributed by atoms with E-state index in [-0.39, 0.29) is 76.4 Å². The minimum atomic E-state index is -1.92. The first kappa shape index (κ1) is 43.8. The molecule has 2 heterocycles. The van der Waals surface area contributed by atoms with Gasteiger partial charge in [-0.1, -0.05) is 94.9 Å². The Bertz CT molecular complexity index is 3020. The predicted molar refractivity (Wildman–Crippen MR) is 243 cm³/mol. The van der Waals surface area contributed by atoms with Gasteiger partial charge in [0, 0.05) is 49.9 Å². The van der Waals surface area contributed by atoms with Crippen LogP contribution in [-0.2, 0) is 9.59 Å². The molecule has 0 saturated heterocycles. The predicted octanol–water partition coefficient (Wildman–Crippen LogP) is 10.7. The average molecular weight is 939 g/mol. The third-order valence-electron chi connectivity index (χ3n) is 10.3. The zero-order chi connectivity index (χ0) is 45.1.